The highest BCUT2D eigenvalue weighted by Gasteiger charge is 2.14. The van der Waals surface area contributed by atoms with Gasteiger partial charge in [-0.15, -0.1) is 10.2 Å². The van der Waals surface area contributed by atoms with Crippen LogP contribution in [0.3, 0.4) is 0 Å². The average molecular weight is 350 g/mol. The van der Waals surface area contributed by atoms with Crippen LogP contribution < -0.4 is 10.1 Å². The van der Waals surface area contributed by atoms with Crippen LogP contribution in [0.1, 0.15) is 5.56 Å². The lowest BCUT2D eigenvalue weighted by atomic mass is 10.2. The molecule has 2 aromatic heterocycles. The molecule has 4 aromatic rings. The molecule has 2 aromatic carbocycles. The lowest BCUT2D eigenvalue weighted by Crippen LogP contribution is -2.23. The van der Waals surface area contributed by atoms with Crippen LogP contribution in [-0.2, 0) is 0 Å². The van der Waals surface area contributed by atoms with Gasteiger partial charge in [0, 0.05) is 17.7 Å². The van der Waals surface area contributed by atoms with Crippen LogP contribution in [0.5, 0.6) is 0 Å². The number of thiazole rings is 1. The standard InChI is InChI=1S/C17H10N4O3S/c22-16-14(10-11-5-4-8-13(9-11)21(23)24)25-17-19-18-15(20(16)17)12-6-2-1-3-7-12/h1-10H/b14-10-. The van der Waals surface area contributed by atoms with Crippen molar-refractivity contribution in [1.29, 1.82) is 0 Å². The molecule has 0 bridgehead atoms. The van der Waals surface area contributed by atoms with Crippen molar-refractivity contribution in [1.82, 2.24) is 14.6 Å². The van der Waals surface area contributed by atoms with Crippen LogP contribution in [0.4, 0.5) is 5.69 Å². The molecule has 0 saturated carbocycles. The van der Waals surface area contributed by atoms with Gasteiger partial charge in [0.15, 0.2) is 5.82 Å². The van der Waals surface area contributed by atoms with E-state index in [1.54, 1.807) is 18.2 Å². The van der Waals surface area contributed by atoms with Crippen molar-refractivity contribution in [2.24, 2.45) is 0 Å². The summed E-state index contributed by atoms with van der Waals surface area (Å²) >= 11 is 1.20. The van der Waals surface area contributed by atoms with Crippen LogP contribution in [0.15, 0.2) is 59.4 Å². The van der Waals surface area contributed by atoms with Gasteiger partial charge in [0.2, 0.25) is 4.96 Å². The van der Waals surface area contributed by atoms with Gasteiger partial charge in [-0.1, -0.05) is 53.8 Å². The van der Waals surface area contributed by atoms with Gasteiger partial charge in [0.25, 0.3) is 11.2 Å². The van der Waals surface area contributed by atoms with E-state index < -0.39 is 4.92 Å². The van der Waals surface area contributed by atoms with Gasteiger partial charge >= 0.3 is 0 Å². The lowest BCUT2D eigenvalue weighted by molar-refractivity contribution is -0.384. The number of fused-ring (bicyclic) bond motifs is 1. The second kappa shape index (κ2) is 5.91. The fraction of sp³-hybridized carbons (Fsp3) is 0. The molecule has 0 atom stereocenters. The van der Waals surface area contributed by atoms with Crippen molar-refractivity contribution >= 4 is 28.1 Å². The van der Waals surface area contributed by atoms with E-state index in [2.05, 4.69) is 10.2 Å². The molecule has 2 heterocycles. The third-order valence-electron chi connectivity index (χ3n) is 3.66. The Bertz CT molecular complexity index is 1200. The minimum atomic E-state index is -0.464. The molecule has 122 valence electrons. The van der Waals surface area contributed by atoms with Crippen molar-refractivity contribution < 1.29 is 4.92 Å². The minimum absolute atomic E-state index is 0.0193. The fourth-order valence-corrected chi connectivity index (χ4v) is 3.43. The first-order valence-corrected chi connectivity index (χ1v) is 8.15. The molecule has 0 unspecified atom stereocenters. The predicted molar refractivity (Wildman–Crippen MR) is 94.5 cm³/mol. The van der Waals surface area contributed by atoms with Gasteiger partial charge in [0.1, 0.15) is 0 Å². The van der Waals surface area contributed by atoms with E-state index in [4.69, 9.17) is 0 Å². The molecule has 0 aliphatic carbocycles. The highest BCUT2D eigenvalue weighted by molar-refractivity contribution is 7.15. The van der Waals surface area contributed by atoms with Gasteiger partial charge in [-0.25, -0.2) is 4.40 Å². The Balaban J connectivity index is 1.89. The molecule has 0 radical (unpaired) electrons. The maximum atomic E-state index is 12.7. The number of hydrogen-bond donors (Lipinski definition) is 0. The molecule has 0 amide bonds. The summed E-state index contributed by atoms with van der Waals surface area (Å²) in [5.41, 5.74) is 1.13. The maximum Gasteiger partial charge on any atom is 0.276 e. The van der Waals surface area contributed by atoms with Crippen LogP contribution in [0, 0.1) is 10.1 Å². The topological polar surface area (TPSA) is 90.4 Å². The van der Waals surface area contributed by atoms with Crippen LogP contribution in [-0.4, -0.2) is 19.5 Å². The molecule has 4 rings (SSSR count). The predicted octanol–water partition coefficient (Wildman–Crippen LogP) is 2.27. The molecule has 0 saturated heterocycles. The van der Waals surface area contributed by atoms with Crippen molar-refractivity contribution in [3.8, 4) is 11.4 Å². The Hall–Kier alpha value is -3.39. The van der Waals surface area contributed by atoms with Gasteiger partial charge in [-0.3, -0.25) is 14.9 Å². The first-order chi connectivity index (χ1) is 12.1. The van der Waals surface area contributed by atoms with Gasteiger partial charge in [-0.05, 0) is 11.6 Å². The van der Waals surface area contributed by atoms with E-state index >= 15 is 0 Å². The number of aromatic nitrogens is 3. The highest BCUT2D eigenvalue weighted by Crippen LogP contribution is 2.17. The second-order valence-electron chi connectivity index (χ2n) is 5.28. The van der Waals surface area contributed by atoms with Crippen LogP contribution >= 0.6 is 11.3 Å². The Morgan fingerprint density at radius 3 is 2.64 bits per heavy atom. The Morgan fingerprint density at radius 1 is 1.08 bits per heavy atom. The summed E-state index contributed by atoms with van der Waals surface area (Å²) < 4.78 is 1.91. The SMILES string of the molecule is O=c1/c(=C/c2cccc([N+](=O)[O-])c2)sc2nnc(-c3ccccc3)n12. The number of nitrogens with zero attached hydrogens (tertiary/aromatic N) is 4. The summed E-state index contributed by atoms with van der Waals surface area (Å²) in [5.74, 6) is 0.482. The van der Waals surface area contributed by atoms with Gasteiger partial charge in [-0.2, -0.15) is 0 Å². The molecule has 0 spiro atoms. The zero-order valence-corrected chi connectivity index (χ0v) is 13.5. The quantitative estimate of drug-likeness (QED) is 0.418. The third-order valence-corrected chi connectivity index (χ3v) is 4.62. The van der Waals surface area contributed by atoms with E-state index in [0.717, 1.165) is 5.56 Å². The first kappa shape index (κ1) is 15.2. The zero-order chi connectivity index (χ0) is 17.4. The van der Waals surface area contributed by atoms with Crippen LogP contribution in [0.25, 0.3) is 22.4 Å². The van der Waals surface area contributed by atoms with E-state index in [1.807, 2.05) is 30.3 Å². The monoisotopic (exact) mass is 350 g/mol. The molecular weight excluding hydrogens is 340 g/mol. The maximum absolute atomic E-state index is 12.7. The first-order valence-electron chi connectivity index (χ1n) is 7.33. The van der Waals surface area contributed by atoms with Crippen LogP contribution in [0.2, 0.25) is 0 Å². The van der Waals surface area contributed by atoms with Crippen molar-refractivity contribution in [3.63, 3.8) is 0 Å². The normalized spacial score (nSPS) is 11.9. The highest BCUT2D eigenvalue weighted by atomic mass is 32.1. The third kappa shape index (κ3) is 2.68. The molecule has 0 fully saturated rings. The molecule has 0 aliphatic heterocycles. The summed E-state index contributed by atoms with van der Waals surface area (Å²) in [4.78, 5) is 23.6. The molecule has 8 heteroatoms. The number of nitro benzene ring substituents is 1. The number of nitro groups is 1. The largest absolute Gasteiger partial charge is 0.276 e. The number of hydrogen-bond acceptors (Lipinski definition) is 6. The second-order valence-corrected chi connectivity index (χ2v) is 6.28. The Morgan fingerprint density at radius 2 is 1.88 bits per heavy atom. The molecule has 7 nitrogen and oxygen atoms in total. The number of benzene rings is 2. The van der Waals surface area contributed by atoms with Crippen molar-refractivity contribution in [2.45, 2.75) is 0 Å². The lowest BCUT2D eigenvalue weighted by Gasteiger charge is -1.95. The van der Waals surface area contributed by atoms with Gasteiger partial charge < -0.3 is 0 Å². The van der Waals surface area contributed by atoms with Crippen molar-refractivity contribution in [3.05, 3.63) is 85.2 Å². The Kier molecular flexibility index (Phi) is 3.58. The minimum Gasteiger partial charge on any atom is -0.267 e. The molecular formula is C17H10N4O3S. The Labute approximate surface area is 144 Å². The summed E-state index contributed by atoms with van der Waals surface area (Å²) in [7, 11) is 0. The van der Waals surface area contributed by atoms with E-state index in [0.29, 0.717) is 20.9 Å². The average Bonchev–Trinajstić information content (AvgIpc) is 3.17. The molecule has 0 N–H and O–H groups in total. The fourth-order valence-electron chi connectivity index (χ4n) is 2.52. The zero-order valence-electron chi connectivity index (χ0n) is 12.7. The summed E-state index contributed by atoms with van der Waals surface area (Å²) in [6.07, 6.45) is 1.63. The molecule has 25 heavy (non-hydrogen) atoms. The van der Waals surface area contributed by atoms with E-state index in [-0.39, 0.29) is 11.2 Å². The summed E-state index contributed by atoms with van der Waals surface area (Å²) in [6, 6.07) is 15.5. The smallest absolute Gasteiger partial charge is 0.267 e. The van der Waals surface area contributed by atoms with E-state index in [1.165, 1.54) is 27.9 Å². The van der Waals surface area contributed by atoms with Gasteiger partial charge in [0.05, 0.1) is 9.46 Å². The molecule has 0 aliphatic rings. The summed E-state index contributed by atoms with van der Waals surface area (Å²) in [6.45, 7) is 0. The van der Waals surface area contributed by atoms with E-state index in [9.17, 15) is 14.9 Å². The summed E-state index contributed by atoms with van der Waals surface area (Å²) in [5, 5.41) is 19.0. The number of rotatable bonds is 3. The van der Waals surface area contributed by atoms with Crippen molar-refractivity contribution in [2.75, 3.05) is 0 Å². The number of non-ortho nitro benzene ring substituents is 1.